The largest absolute Gasteiger partial charge is 0.383 e. The van der Waals surface area contributed by atoms with Gasteiger partial charge in [-0.15, -0.1) is 11.3 Å². The molecule has 2 fully saturated rings. The maximum atomic E-state index is 12.6. The van der Waals surface area contributed by atoms with Crippen molar-refractivity contribution >= 4 is 90.2 Å². The van der Waals surface area contributed by atoms with Crippen molar-refractivity contribution in [3.8, 4) is 46.2 Å². The molecule has 8 aromatic rings. The normalized spacial score (nSPS) is 15.2. The number of aromatic nitrogens is 10. The number of aryl methyl sites for hydroxylation is 1. The lowest BCUT2D eigenvalue weighted by molar-refractivity contribution is -0.125. The highest BCUT2D eigenvalue weighted by Crippen LogP contribution is 2.36. The molecule has 8 heterocycles. The van der Waals surface area contributed by atoms with Gasteiger partial charge < -0.3 is 31.9 Å². The number of nitrogens with zero attached hydrogens (tertiary/aromatic N) is 12. The van der Waals surface area contributed by atoms with E-state index >= 15 is 0 Å². The van der Waals surface area contributed by atoms with Crippen LogP contribution in [0.4, 0.5) is 21.6 Å². The smallest absolute Gasteiger partial charge is 0.298 e. The standard InChI is InChI=1S/C24H22N8O2S.C23H20N8O2S/c1-3-4-19(33)31-10-9-17(12-31)32-23-20(22(25)26-13-27-23)21(29-32)15-5-7-16(8-6-15)24(34)28-18-11-14(2)30-35-18;1-2-3-18(32)30-9-8-16(11-30)31-22-19(21(24)26-12-27-22)20(29-31)14-4-6-15(7-5-14)23(33)28-17-10-25-13-34-17/h5-8,11,13,17H,9-10,12H2,1-2H3,(H,28,34)(H2,25,26,27);4-7,10,12-13,16H,8-9,11H2,1H3,(H,28,33)(H2,24,26,27). The van der Waals surface area contributed by atoms with Gasteiger partial charge in [-0.2, -0.15) is 14.6 Å². The predicted octanol–water partition coefficient (Wildman–Crippen LogP) is 5.47. The van der Waals surface area contributed by atoms with Gasteiger partial charge in [0, 0.05) is 48.4 Å². The SMILES string of the molecule is CC#CC(=O)N1CCC(n2nc(-c3ccc(C(=O)Nc4cc(C)ns4)cc3)c3c(N)ncnc32)C1.CC#CC(=O)N1CCC(n2nc(-c3ccc(C(=O)Nc4cncs4)cc3)c3c(N)ncnc32)C1. The van der Waals surface area contributed by atoms with E-state index in [-0.39, 0.29) is 35.7 Å². The number of anilines is 4. The Balaban J connectivity index is 0.000000172. The second kappa shape index (κ2) is 19.7. The molecule has 6 N–H and O–H groups in total. The monoisotopic (exact) mass is 958 g/mol. The van der Waals surface area contributed by atoms with Crippen LogP contribution in [0.2, 0.25) is 0 Å². The first-order chi connectivity index (χ1) is 33.5. The first-order valence-electron chi connectivity index (χ1n) is 21.6. The summed E-state index contributed by atoms with van der Waals surface area (Å²) in [5.41, 5.74) is 20.0. The minimum atomic E-state index is -0.222. The summed E-state index contributed by atoms with van der Waals surface area (Å²) in [4.78, 5) is 74.1. The molecular formula is C47H42N16O4S2. The lowest BCUT2D eigenvalue weighted by Gasteiger charge is -2.14. The Kier molecular flexibility index (Phi) is 13.0. The van der Waals surface area contributed by atoms with Gasteiger partial charge in [0.05, 0.1) is 40.3 Å². The van der Waals surface area contributed by atoms with Crippen LogP contribution >= 0.6 is 22.9 Å². The third kappa shape index (κ3) is 9.52. The first-order valence-corrected chi connectivity index (χ1v) is 23.2. The number of nitrogens with two attached hydrogens (primary N) is 2. The number of nitrogens with one attached hydrogen (secondary N) is 2. The van der Waals surface area contributed by atoms with Crippen molar-refractivity contribution in [3.63, 3.8) is 0 Å². The van der Waals surface area contributed by atoms with E-state index in [1.165, 1.54) is 35.5 Å². The highest BCUT2D eigenvalue weighted by atomic mass is 32.1. The van der Waals surface area contributed by atoms with Crippen molar-refractivity contribution in [3.05, 3.63) is 95.8 Å². The molecule has 0 saturated carbocycles. The van der Waals surface area contributed by atoms with E-state index < -0.39 is 0 Å². The van der Waals surface area contributed by atoms with Crippen LogP contribution in [0.15, 0.2) is 79.0 Å². The molecule has 2 aliphatic heterocycles. The van der Waals surface area contributed by atoms with E-state index in [0.717, 1.165) is 29.7 Å². The van der Waals surface area contributed by atoms with Gasteiger partial charge >= 0.3 is 0 Å². The van der Waals surface area contributed by atoms with Gasteiger partial charge in [-0.05, 0) is 87.3 Å². The van der Waals surface area contributed by atoms with E-state index in [9.17, 15) is 19.2 Å². The average Bonchev–Trinajstić information content (AvgIpc) is 4.22. The fourth-order valence-corrected chi connectivity index (χ4v) is 9.32. The summed E-state index contributed by atoms with van der Waals surface area (Å²) in [7, 11) is 0. The van der Waals surface area contributed by atoms with Crippen LogP contribution in [-0.4, -0.2) is 108 Å². The minimum Gasteiger partial charge on any atom is -0.383 e. The number of thiazole rings is 1. The van der Waals surface area contributed by atoms with Crippen molar-refractivity contribution in [2.24, 2.45) is 0 Å². The fourth-order valence-electron chi connectivity index (χ4n) is 8.16. The Hall–Kier alpha value is -8.60. The number of fused-ring (bicyclic) bond motifs is 2. The van der Waals surface area contributed by atoms with E-state index in [1.807, 2.05) is 46.6 Å². The zero-order chi connectivity index (χ0) is 48.2. The Morgan fingerprint density at radius 2 is 1.16 bits per heavy atom. The summed E-state index contributed by atoms with van der Waals surface area (Å²) >= 11 is 2.59. The number of likely N-dealkylation sites (tertiary alicyclic amines) is 2. The van der Waals surface area contributed by atoms with Gasteiger partial charge in [0.2, 0.25) is 0 Å². The maximum absolute atomic E-state index is 12.6. The van der Waals surface area contributed by atoms with Gasteiger partial charge in [-0.1, -0.05) is 36.1 Å². The summed E-state index contributed by atoms with van der Waals surface area (Å²) in [6.07, 6.45) is 5.88. The van der Waals surface area contributed by atoms with Crippen LogP contribution in [0.5, 0.6) is 0 Å². The quantitative estimate of drug-likeness (QED) is 0.138. The van der Waals surface area contributed by atoms with Crippen molar-refractivity contribution in [2.75, 3.05) is 48.3 Å². The van der Waals surface area contributed by atoms with E-state index in [0.29, 0.717) is 92.4 Å². The summed E-state index contributed by atoms with van der Waals surface area (Å²) < 4.78 is 7.82. The third-order valence-electron chi connectivity index (χ3n) is 11.5. The van der Waals surface area contributed by atoms with Gasteiger partial charge in [0.15, 0.2) is 11.3 Å². The number of benzene rings is 2. The van der Waals surface area contributed by atoms with Gasteiger partial charge in [-0.3, -0.25) is 24.2 Å². The molecule has 69 heavy (non-hydrogen) atoms. The molecule has 0 aliphatic carbocycles. The van der Waals surface area contributed by atoms with E-state index in [4.69, 9.17) is 21.7 Å². The maximum Gasteiger partial charge on any atom is 0.298 e. The van der Waals surface area contributed by atoms with Crippen molar-refractivity contribution in [2.45, 2.75) is 45.7 Å². The van der Waals surface area contributed by atoms with Crippen molar-refractivity contribution in [1.29, 1.82) is 0 Å². The molecule has 0 bridgehead atoms. The zero-order valence-electron chi connectivity index (χ0n) is 37.4. The molecule has 2 aromatic carbocycles. The van der Waals surface area contributed by atoms with Crippen molar-refractivity contribution < 1.29 is 19.2 Å². The molecule has 22 heteroatoms. The highest BCUT2D eigenvalue weighted by Gasteiger charge is 2.32. The summed E-state index contributed by atoms with van der Waals surface area (Å²) in [5, 5.41) is 18.0. The Bertz CT molecular complexity index is 3380. The molecular weight excluding hydrogens is 917 g/mol. The van der Waals surface area contributed by atoms with Crippen LogP contribution in [0.25, 0.3) is 44.6 Å². The third-order valence-corrected chi connectivity index (χ3v) is 13.0. The summed E-state index contributed by atoms with van der Waals surface area (Å²) in [6.45, 7) is 7.34. The van der Waals surface area contributed by atoms with E-state index in [2.05, 4.69) is 63.6 Å². The molecule has 10 rings (SSSR count). The molecule has 0 spiro atoms. The second-order valence-corrected chi connectivity index (χ2v) is 17.6. The van der Waals surface area contributed by atoms with Crippen LogP contribution < -0.4 is 22.1 Å². The van der Waals surface area contributed by atoms with Gasteiger partial charge in [0.1, 0.15) is 45.7 Å². The number of carbonyl (C=O) groups excluding carboxylic acids is 4. The van der Waals surface area contributed by atoms with Crippen LogP contribution in [0, 0.1) is 30.6 Å². The number of carbonyl (C=O) groups is 4. The second-order valence-electron chi connectivity index (χ2n) is 15.9. The molecule has 6 aromatic heterocycles. The average molecular weight is 959 g/mol. The lowest BCUT2D eigenvalue weighted by Crippen LogP contribution is -2.28. The number of hydrogen-bond acceptors (Lipinski definition) is 16. The molecule has 346 valence electrons. The lowest BCUT2D eigenvalue weighted by atomic mass is 10.1. The Morgan fingerprint density at radius 3 is 1.58 bits per heavy atom. The van der Waals surface area contributed by atoms with Crippen molar-refractivity contribution in [1.82, 2.24) is 58.7 Å². The zero-order valence-corrected chi connectivity index (χ0v) is 39.0. The first kappa shape index (κ1) is 45.6. The molecule has 2 unspecified atom stereocenters. The number of amides is 4. The minimum absolute atomic E-state index is 0.0578. The van der Waals surface area contributed by atoms with Crippen LogP contribution in [-0.2, 0) is 9.59 Å². The van der Waals surface area contributed by atoms with E-state index in [1.54, 1.807) is 59.6 Å². The number of rotatable bonds is 8. The fraction of sp³-hybridized carbons (Fsp3) is 0.234. The number of hydrogen-bond donors (Lipinski definition) is 4. The highest BCUT2D eigenvalue weighted by molar-refractivity contribution is 7.14. The number of nitrogen functional groups attached to an aromatic ring is 2. The molecule has 2 aliphatic rings. The van der Waals surface area contributed by atoms with Gasteiger partial charge in [-0.25, -0.2) is 29.3 Å². The summed E-state index contributed by atoms with van der Waals surface area (Å²) in [6, 6.07) is 15.9. The van der Waals surface area contributed by atoms with Gasteiger partial charge in [0.25, 0.3) is 23.6 Å². The Morgan fingerprint density at radius 1 is 0.681 bits per heavy atom. The molecule has 2 atom stereocenters. The molecule has 20 nitrogen and oxygen atoms in total. The molecule has 4 amide bonds. The summed E-state index contributed by atoms with van der Waals surface area (Å²) in [5.74, 6) is 10.3. The molecule has 2 saturated heterocycles. The topological polar surface area (TPSA) is 264 Å². The van der Waals surface area contributed by atoms with Crippen LogP contribution in [0.3, 0.4) is 0 Å². The molecule has 0 radical (unpaired) electrons. The predicted molar refractivity (Wildman–Crippen MR) is 263 cm³/mol. The Labute approximate surface area is 402 Å². The van der Waals surface area contributed by atoms with Crippen LogP contribution in [0.1, 0.15) is 65.2 Å².